The number of hydrogen-bond donors (Lipinski definition) is 1. The highest BCUT2D eigenvalue weighted by Crippen LogP contribution is 2.43. The number of ether oxygens (including phenoxy) is 1. The number of hydrogen-bond acceptors (Lipinski definition) is 6. The fraction of sp³-hybridized carbons (Fsp3) is 0.241. The van der Waals surface area contributed by atoms with Crippen LogP contribution in [-0.4, -0.2) is 24.7 Å². The minimum absolute atomic E-state index is 0.409. The van der Waals surface area contributed by atoms with Crippen molar-refractivity contribution < 1.29 is 9.26 Å². The van der Waals surface area contributed by atoms with E-state index in [2.05, 4.69) is 56.9 Å². The third-order valence-electron chi connectivity index (χ3n) is 7.30. The van der Waals surface area contributed by atoms with E-state index in [1.54, 1.807) is 0 Å². The van der Waals surface area contributed by atoms with E-state index >= 15 is 0 Å². The smallest absolute Gasteiger partial charge is 0.439 e. The molecule has 1 saturated carbocycles. The molecule has 8 heteroatoms. The Morgan fingerprint density at radius 2 is 2.00 bits per heavy atom. The number of imidazole rings is 1. The Kier molecular flexibility index (Phi) is 4.89. The van der Waals surface area contributed by atoms with Gasteiger partial charge in [-0.15, -0.1) is 0 Å². The molecule has 1 fully saturated rings. The lowest BCUT2D eigenvalue weighted by Crippen LogP contribution is -2.06. The summed E-state index contributed by atoms with van der Waals surface area (Å²) in [4.78, 5) is 24.0. The molecule has 1 aliphatic carbocycles. The van der Waals surface area contributed by atoms with Gasteiger partial charge in [0.05, 0.1) is 6.54 Å². The molecular formula is C29H25N5O3. The van der Waals surface area contributed by atoms with Crippen LogP contribution in [0.1, 0.15) is 65.1 Å². The monoisotopic (exact) mass is 491 g/mol. The maximum atomic E-state index is 11.7. The second kappa shape index (κ2) is 8.30. The molecule has 0 amide bonds. The van der Waals surface area contributed by atoms with Crippen LogP contribution in [0.2, 0.25) is 0 Å². The zero-order valence-corrected chi connectivity index (χ0v) is 20.6. The topological polar surface area (TPSA) is 98.8 Å². The fourth-order valence-corrected chi connectivity index (χ4v) is 5.24. The van der Waals surface area contributed by atoms with E-state index in [-0.39, 0.29) is 0 Å². The molecule has 2 aromatic carbocycles. The van der Waals surface area contributed by atoms with Gasteiger partial charge >= 0.3 is 5.76 Å². The summed E-state index contributed by atoms with van der Waals surface area (Å²) in [5.74, 6) is 2.24. The highest BCUT2D eigenvalue weighted by molar-refractivity contribution is 5.99. The zero-order valence-electron chi connectivity index (χ0n) is 20.6. The van der Waals surface area contributed by atoms with Crippen LogP contribution in [0.25, 0.3) is 22.3 Å². The van der Waals surface area contributed by atoms with Crippen molar-refractivity contribution in [3.05, 3.63) is 105 Å². The van der Waals surface area contributed by atoms with Gasteiger partial charge in [0.25, 0.3) is 0 Å². The predicted octanol–water partition coefficient (Wildman–Crippen LogP) is 5.21. The number of nitrogens with zero attached hydrogens (tertiary/aromatic N) is 4. The Balaban J connectivity index is 1.36. The quantitative estimate of drug-likeness (QED) is 0.370. The second-order valence-corrected chi connectivity index (χ2v) is 9.85. The maximum absolute atomic E-state index is 11.7. The number of aromatic nitrogens is 5. The number of nitrogens with one attached hydrogen (secondary N) is 1. The molecule has 184 valence electrons. The van der Waals surface area contributed by atoms with Gasteiger partial charge in [-0.05, 0) is 66.6 Å². The second-order valence-electron chi connectivity index (χ2n) is 9.85. The lowest BCUT2D eigenvalue weighted by molar-refractivity contribution is 0.307. The molecule has 0 spiro atoms. The largest absolute Gasteiger partial charge is 0.488 e. The maximum Gasteiger partial charge on any atom is 0.439 e. The molecule has 0 unspecified atom stereocenters. The summed E-state index contributed by atoms with van der Waals surface area (Å²) >= 11 is 0. The summed E-state index contributed by atoms with van der Waals surface area (Å²) in [7, 11) is 0. The Labute approximate surface area is 212 Å². The van der Waals surface area contributed by atoms with Crippen molar-refractivity contribution in [1.82, 2.24) is 24.7 Å². The van der Waals surface area contributed by atoms with Gasteiger partial charge < -0.3 is 9.30 Å². The highest BCUT2D eigenvalue weighted by Gasteiger charge is 2.30. The number of allylic oxidation sites excluding steroid dienone is 1. The van der Waals surface area contributed by atoms with E-state index in [1.165, 1.54) is 12.8 Å². The van der Waals surface area contributed by atoms with Gasteiger partial charge in [-0.25, -0.2) is 14.8 Å². The van der Waals surface area contributed by atoms with Gasteiger partial charge in [0, 0.05) is 23.3 Å². The summed E-state index contributed by atoms with van der Waals surface area (Å²) in [5.41, 5.74) is 9.00. The van der Waals surface area contributed by atoms with Crippen LogP contribution < -0.4 is 10.5 Å². The van der Waals surface area contributed by atoms with E-state index in [0.29, 0.717) is 24.9 Å². The Hall–Kier alpha value is -4.46. The molecule has 37 heavy (non-hydrogen) atoms. The van der Waals surface area contributed by atoms with Crippen LogP contribution in [0, 0.1) is 6.92 Å². The normalized spacial score (nSPS) is 16.2. The Morgan fingerprint density at radius 3 is 2.81 bits per heavy atom. The first-order chi connectivity index (χ1) is 18.1. The van der Waals surface area contributed by atoms with E-state index in [0.717, 1.165) is 61.7 Å². The highest BCUT2D eigenvalue weighted by atomic mass is 16.5. The number of aryl methyl sites for hydroxylation is 1. The van der Waals surface area contributed by atoms with Gasteiger partial charge in [0.1, 0.15) is 23.7 Å². The van der Waals surface area contributed by atoms with E-state index in [9.17, 15) is 4.79 Å². The Bertz CT molecular complexity index is 1770. The molecule has 0 bridgehead atoms. The fourth-order valence-electron chi connectivity index (χ4n) is 5.24. The van der Waals surface area contributed by atoms with Gasteiger partial charge in [0.2, 0.25) is 0 Å². The molecule has 1 aliphatic heterocycles. The lowest BCUT2D eigenvalue weighted by Gasteiger charge is -2.15. The van der Waals surface area contributed by atoms with Crippen LogP contribution >= 0.6 is 0 Å². The molecule has 0 radical (unpaired) electrons. The van der Waals surface area contributed by atoms with Gasteiger partial charge in [-0.1, -0.05) is 41.6 Å². The molecule has 8 nitrogen and oxygen atoms in total. The SMILES string of the molecule is CC(=C1c2ccccc2COc2cc(Cn3c(C4CC4)nc4c(C)ccnc43)ccc21)c1noc(=O)[nH]1. The van der Waals surface area contributed by atoms with E-state index in [4.69, 9.17) is 14.2 Å². The molecule has 0 saturated heterocycles. The van der Waals surface area contributed by atoms with Crippen molar-refractivity contribution in [3.63, 3.8) is 0 Å². The van der Waals surface area contributed by atoms with Gasteiger partial charge in [-0.2, -0.15) is 0 Å². The number of fused-ring (bicyclic) bond motifs is 3. The first-order valence-corrected chi connectivity index (χ1v) is 12.5. The van der Waals surface area contributed by atoms with Crippen molar-refractivity contribution in [3.8, 4) is 5.75 Å². The zero-order chi connectivity index (χ0) is 25.1. The summed E-state index contributed by atoms with van der Waals surface area (Å²) in [5, 5.41) is 3.94. The predicted molar refractivity (Wildman–Crippen MR) is 139 cm³/mol. The third-order valence-corrected chi connectivity index (χ3v) is 7.30. The van der Waals surface area contributed by atoms with Crippen LogP contribution in [0.4, 0.5) is 0 Å². The van der Waals surface area contributed by atoms with Crippen molar-refractivity contribution in [1.29, 1.82) is 0 Å². The number of H-pyrrole nitrogens is 1. The number of pyridine rings is 1. The van der Waals surface area contributed by atoms with Crippen LogP contribution in [-0.2, 0) is 13.2 Å². The third kappa shape index (κ3) is 3.67. The average molecular weight is 492 g/mol. The number of aromatic amines is 1. The van der Waals surface area contributed by atoms with Crippen molar-refractivity contribution >= 4 is 22.3 Å². The van der Waals surface area contributed by atoms with E-state index in [1.807, 2.05) is 31.3 Å². The van der Waals surface area contributed by atoms with Gasteiger partial charge in [0.15, 0.2) is 11.5 Å². The van der Waals surface area contributed by atoms with Crippen molar-refractivity contribution in [2.24, 2.45) is 0 Å². The number of benzene rings is 2. The minimum Gasteiger partial charge on any atom is -0.488 e. The first-order valence-electron chi connectivity index (χ1n) is 12.5. The van der Waals surface area contributed by atoms with Crippen LogP contribution in [0.5, 0.6) is 5.75 Å². The molecule has 5 aromatic rings. The standard InChI is InChI=1S/C29H25N5O3/c1-16-11-12-30-28-25(16)31-27(19-8-9-19)34(28)14-18-7-10-22-23(13-18)36-15-20-5-3-4-6-21(20)24(22)17(2)26-32-29(35)37-33-26/h3-7,10-13,19H,8-9,14-15H2,1-2H3,(H,32,33,35). The Morgan fingerprint density at radius 1 is 1.14 bits per heavy atom. The van der Waals surface area contributed by atoms with Gasteiger partial charge in [-0.3, -0.25) is 9.51 Å². The molecule has 7 rings (SSSR count). The number of rotatable bonds is 4. The molecule has 0 atom stereocenters. The molecular weight excluding hydrogens is 466 g/mol. The average Bonchev–Trinajstić information content (AvgIpc) is 3.59. The lowest BCUT2D eigenvalue weighted by atomic mass is 9.90. The molecule has 1 N–H and O–H groups in total. The first kappa shape index (κ1) is 21.8. The minimum atomic E-state index is -0.577. The summed E-state index contributed by atoms with van der Waals surface area (Å²) in [6, 6.07) is 16.5. The summed E-state index contributed by atoms with van der Waals surface area (Å²) in [6.07, 6.45) is 4.20. The van der Waals surface area contributed by atoms with Crippen LogP contribution in [0.3, 0.4) is 0 Å². The molecule has 3 aromatic heterocycles. The summed E-state index contributed by atoms with van der Waals surface area (Å²) in [6.45, 7) is 5.14. The van der Waals surface area contributed by atoms with Crippen molar-refractivity contribution in [2.75, 3.05) is 0 Å². The van der Waals surface area contributed by atoms with Crippen molar-refractivity contribution in [2.45, 2.75) is 45.8 Å². The van der Waals surface area contributed by atoms with E-state index < -0.39 is 5.76 Å². The molecule has 4 heterocycles. The summed E-state index contributed by atoms with van der Waals surface area (Å²) < 4.78 is 13.4. The molecule has 2 aliphatic rings. The van der Waals surface area contributed by atoms with Crippen LogP contribution in [0.15, 0.2) is 64.0 Å².